The highest BCUT2D eigenvalue weighted by atomic mass is 16.5. The molecule has 0 unspecified atom stereocenters. The van der Waals surface area contributed by atoms with Gasteiger partial charge in [-0.3, -0.25) is 14.8 Å². The van der Waals surface area contributed by atoms with Gasteiger partial charge in [0, 0.05) is 61.8 Å². The molecule has 5 rings (SSSR count). The molecular weight excluding hydrogens is 418 g/mol. The Morgan fingerprint density at radius 3 is 2.67 bits per heavy atom. The minimum Gasteiger partial charge on any atom is -0.385 e. The van der Waals surface area contributed by atoms with Crippen molar-refractivity contribution in [3.63, 3.8) is 0 Å². The van der Waals surface area contributed by atoms with Crippen molar-refractivity contribution < 1.29 is 14.1 Å². The zero-order valence-corrected chi connectivity index (χ0v) is 18.5. The average Bonchev–Trinajstić information content (AvgIpc) is 3.39. The molecule has 1 amide bonds. The van der Waals surface area contributed by atoms with Crippen LogP contribution in [0.2, 0.25) is 0 Å². The van der Waals surface area contributed by atoms with Crippen molar-refractivity contribution in [2.75, 3.05) is 26.8 Å². The summed E-state index contributed by atoms with van der Waals surface area (Å²) in [5.74, 6) is 1.10. The van der Waals surface area contributed by atoms with Gasteiger partial charge in [-0.2, -0.15) is 4.98 Å². The lowest BCUT2D eigenvalue weighted by Crippen LogP contribution is -2.46. The summed E-state index contributed by atoms with van der Waals surface area (Å²) >= 11 is 0. The van der Waals surface area contributed by atoms with E-state index >= 15 is 0 Å². The molecule has 8 heteroatoms. The number of fused-ring (bicyclic) bond motifs is 1. The molecule has 1 fully saturated rings. The molecule has 33 heavy (non-hydrogen) atoms. The Kier molecular flexibility index (Phi) is 5.83. The summed E-state index contributed by atoms with van der Waals surface area (Å²) in [6.07, 6.45) is 7.30. The van der Waals surface area contributed by atoms with Gasteiger partial charge >= 0.3 is 0 Å². The molecule has 0 bridgehead atoms. The second kappa shape index (κ2) is 9.07. The van der Waals surface area contributed by atoms with Crippen molar-refractivity contribution in [2.24, 2.45) is 0 Å². The van der Waals surface area contributed by atoms with Crippen LogP contribution in [0.25, 0.3) is 22.2 Å². The molecule has 0 spiro atoms. The minimum atomic E-state index is -0.312. The van der Waals surface area contributed by atoms with E-state index in [-0.39, 0.29) is 11.3 Å². The zero-order valence-electron chi connectivity index (χ0n) is 18.5. The number of piperidine rings is 1. The minimum absolute atomic E-state index is 0.0438. The van der Waals surface area contributed by atoms with Crippen molar-refractivity contribution in [2.45, 2.75) is 24.7 Å². The lowest BCUT2D eigenvalue weighted by molar-refractivity contribution is 0.0613. The maximum Gasteiger partial charge on any atom is 0.273 e. The van der Waals surface area contributed by atoms with Gasteiger partial charge in [-0.1, -0.05) is 29.4 Å². The van der Waals surface area contributed by atoms with Crippen LogP contribution in [0.3, 0.4) is 0 Å². The second-order valence-corrected chi connectivity index (χ2v) is 8.36. The number of carbonyl (C=O) groups excluding carboxylic acids is 1. The lowest BCUT2D eigenvalue weighted by atomic mass is 9.75. The molecule has 0 saturated carbocycles. The van der Waals surface area contributed by atoms with Crippen molar-refractivity contribution in [3.05, 3.63) is 72.6 Å². The molecule has 1 aliphatic heterocycles. The molecule has 1 aromatic carbocycles. The number of benzene rings is 1. The number of hydrogen-bond donors (Lipinski definition) is 0. The Bertz CT molecular complexity index is 1240. The normalized spacial score (nSPS) is 15.6. The van der Waals surface area contributed by atoms with Gasteiger partial charge < -0.3 is 14.2 Å². The fraction of sp³-hybridized carbons (Fsp3) is 0.320. The van der Waals surface area contributed by atoms with E-state index in [1.54, 1.807) is 25.7 Å². The van der Waals surface area contributed by atoms with E-state index in [2.05, 4.69) is 15.1 Å². The van der Waals surface area contributed by atoms with Crippen LogP contribution in [-0.2, 0) is 10.2 Å². The van der Waals surface area contributed by atoms with Gasteiger partial charge in [-0.15, -0.1) is 0 Å². The van der Waals surface area contributed by atoms with Gasteiger partial charge in [0.25, 0.3) is 11.8 Å². The Balaban J connectivity index is 1.38. The number of nitrogens with zero attached hydrogens (tertiary/aromatic N) is 5. The summed E-state index contributed by atoms with van der Waals surface area (Å²) in [5, 5.41) is 6.22. The first-order valence-electron chi connectivity index (χ1n) is 11.1. The lowest BCUT2D eigenvalue weighted by Gasteiger charge is -2.39. The van der Waals surface area contributed by atoms with Gasteiger partial charge in [-0.25, -0.2) is 0 Å². The van der Waals surface area contributed by atoms with Crippen LogP contribution in [0.15, 0.2) is 65.6 Å². The van der Waals surface area contributed by atoms with Crippen LogP contribution in [0.4, 0.5) is 0 Å². The van der Waals surface area contributed by atoms with Crippen molar-refractivity contribution in [3.8, 4) is 11.5 Å². The molecule has 0 N–H and O–H groups in total. The van der Waals surface area contributed by atoms with Crippen LogP contribution in [0.5, 0.6) is 0 Å². The van der Waals surface area contributed by atoms with E-state index < -0.39 is 0 Å². The van der Waals surface area contributed by atoms with Gasteiger partial charge in [0.05, 0.1) is 0 Å². The van der Waals surface area contributed by atoms with Crippen LogP contribution in [0.1, 0.15) is 35.6 Å². The fourth-order valence-electron chi connectivity index (χ4n) is 4.51. The van der Waals surface area contributed by atoms with Gasteiger partial charge in [0.15, 0.2) is 5.82 Å². The zero-order chi connectivity index (χ0) is 22.7. The number of pyridine rings is 2. The van der Waals surface area contributed by atoms with Gasteiger partial charge in [0.2, 0.25) is 0 Å². The summed E-state index contributed by atoms with van der Waals surface area (Å²) in [4.78, 5) is 28.4. The number of carbonyl (C=O) groups is 1. The van der Waals surface area contributed by atoms with Crippen LogP contribution >= 0.6 is 0 Å². The van der Waals surface area contributed by atoms with Crippen LogP contribution < -0.4 is 0 Å². The summed E-state index contributed by atoms with van der Waals surface area (Å²) in [6, 6.07) is 13.5. The Morgan fingerprint density at radius 1 is 1.09 bits per heavy atom. The summed E-state index contributed by atoms with van der Waals surface area (Å²) in [5.41, 5.74) is 1.02. The number of hydrogen-bond acceptors (Lipinski definition) is 7. The molecule has 0 atom stereocenters. The molecule has 0 radical (unpaired) electrons. The maximum absolute atomic E-state index is 13.3. The average molecular weight is 444 g/mol. The highest BCUT2D eigenvalue weighted by Gasteiger charge is 2.41. The third-order valence-corrected chi connectivity index (χ3v) is 6.50. The molecule has 1 aliphatic rings. The number of amides is 1. The number of rotatable bonds is 6. The molecule has 8 nitrogen and oxygen atoms in total. The Labute approximate surface area is 191 Å². The molecular formula is C25H25N5O3. The maximum atomic E-state index is 13.3. The smallest absolute Gasteiger partial charge is 0.273 e. The fourth-order valence-corrected chi connectivity index (χ4v) is 4.51. The predicted molar refractivity (Wildman–Crippen MR) is 123 cm³/mol. The van der Waals surface area contributed by atoms with E-state index in [9.17, 15) is 4.79 Å². The quantitative estimate of drug-likeness (QED) is 0.446. The predicted octanol–water partition coefficient (Wildman–Crippen LogP) is 3.89. The number of likely N-dealkylation sites (tertiary alicyclic amines) is 1. The largest absolute Gasteiger partial charge is 0.385 e. The molecule has 4 heterocycles. The molecule has 1 saturated heterocycles. The van der Waals surface area contributed by atoms with E-state index in [1.165, 1.54) is 0 Å². The van der Waals surface area contributed by atoms with Crippen LogP contribution in [-0.4, -0.2) is 57.7 Å². The molecule has 3 aromatic heterocycles. The van der Waals surface area contributed by atoms with Crippen molar-refractivity contribution in [1.29, 1.82) is 0 Å². The topological polar surface area (TPSA) is 94.2 Å². The van der Waals surface area contributed by atoms with Crippen LogP contribution in [0, 0.1) is 0 Å². The first kappa shape index (κ1) is 21.2. The standard InChI is InChI=1S/C25H25N5O3/c1-32-17-11-25(24-28-22(33-29-24)19-6-12-26-13-7-19)9-15-30(16-10-25)23(31)21-20-5-3-2-4-18(20)8-14-27-21/h2-8,12-14H,9-11,15-17H2,1H3. The second-order valence-electron chi connectivity index (χ2n) is 8.36. The number of methoxy groups -OCH3 is 1. The first-order valence-corrected chi connectivity index (χ1v) is 11.1. The van der Waals surface area contributed by atoms with Crippen molar-refractivity contribution >= 4 is 16.7 Å². The Morgan fingerprint density at radius 2 is 1.88 bits per heavy atom. The highest BCUT2D eigenvalue weighted by Crippen LogP contribution is 2.38. The summed E-state index contributed by atoms with van der Waals surface area (Å²) in [6.45, 7) is 1.76. The van der Waals surface area contributed by atoms with E-state index in [4.69, 9.17) is 14.2 Å². The van der Waals surface area contributed by atoms with Crippen molar-refractivity contribution in [1.82, 2.24) is 25.0 Å². The molecule has 168 valence electrons. The summed E-state index contributed by atoms with van der Waals surface area (Å²) < 4.78 is 11.0. The molecule has 4 aromatic rings. The highest BCUT2D eigenvalue weighted by molar-refractivity contribution is 6.05. The SMILES string of the molecule is COCCC1(c2noc(-c3ccncc3)n2)CCN(C(=O)c2nccc3ccccc23)CC1. The number of ether oxygens (including phenoxy) is 1. The van der Waals surface area contributed by atoms with Gasteiger partial charge in [0.1, 0.15) is 5.69 Å². The monoisotopic (exact) mass is 443 g/mol. The Hall–Kier alpha value is -3.65. The number of aromatic nitrogens is 4. The van der Waals surface area contributed by atoms with E-state index in [1.807, 2.05) is 47.4 Å². The summed E-state index contributed by atoms with van der Waals surface area (Å²) in [7, 11) is 1.69. The van der Waals surface area contributed by atoms with Gasteiger partial charge in [-0.05, 0) is 42.8 Å². The van der Waals surface area contributed by atoms with E-state index in [0.717, 1.165) is 35.6 Å². The third kappa shape index (κ3) is 4.09. The third-order valence-electron chi connectivity index (χ3n) is 6.50. The molecule has 0 aliphatic carbocycles. The van der Waals surface area contributed by atoms with E-state index in [0.29, 0.717) is 37.1 Å². The first-order chi connectivity index (χ1) is 16.2.